The van der Waals surface area contributed by atoms with Crippen molar-refractivity contribution >= 4 is 11.8 Å². The molecule has 6 heteroatoms. The fraction of sp³-hybridized carbons (Fsp3) is 0.143. The first-order valence-corrected chi connectivity index (χ1v) is 4.28. The Labute approximate surface area is 76.9 Å². The van der Waals surface area contributed by atoms with Crippen LogP contribution in [-0.2, 0) is 0 Å². The van der Waals surface area contributed by atoms with E-state index in [2.05, 4.69) is 0 Å². The summed E-state index contributed by atoms with van der Waals surface area (Å²) in [5.74, 6) is -1.72. The van der Waals surface area contributed by atoms with Gasteiger partial charge < -0.3 is 0 Å². The van der Waals surface area contributed by atoms with Gasteiger partial charge in [0.2, 0.25) is 0 Å². The molecule has 0 unspecified atom stereocenters. The molecule has 3 nitrogen and oxygen atoms in total. The molecule has 0 aliphatic heterocycles. The molecular weight excluding hydrogens is 200 g/mol. The van der Waals surface area contributed by atoms with Gasteiger partial charge in [0.05, 0.1) is 4.90 Å². The van der Waals surface area contributed by atoms with Crippen LogP contribution in [0, 0.1) is 21.7 Å². The molecule has 0 aliphatic carbocycles. The molecule has 0 radical (unpaired) electrons. The highest BCUT2D eigenvalue weighted by Gasteiger charge is 2.07. The van der Waals surface area contributed by atoms with Gasteiger partial charge in [0.1, 0.15) is 11.6 Å². The predicted octanol–water partition coefficient (Wildman–Crippen LogP) is 2.29. The number of rotatable bonds is 3. The van der Waals surface area contributed by atoms with Crippen molar-refractivity contribution in [2.75, 3.05) is 5.88 Å². The van der Waals surface area contributed by atoms with E-state index in [1.807, 2.05) is 0 Å². The van der Waals surface area contributed by atoms with Crippen molar-refractivity contribution < 1.29 is 13.7 Å². The van der Waals surface area contributed by atoms with Crippen molar-refractivity contribution in [2.45, 2.75) is 4.90 Å². The van der Waals surface area contributed by atoms with E-state index in [-0.39, 0.29) is 4.90 Å². The number of hydrogen-bond acceptors (Lipinski definition) is 3. The van der Waals surface area contributed by atoms with Crippen LogP contribution in [0.15, 0.2) is 23.1 Å². The molecule has 70 valence electrons. The van der Waals surface area contributed by atoms with Crippen LogP contribution in [-0.4, -0.2) is 10.8 Å². The molecule has 0 heterocycles. The zero-order chi connectivity index (χ0) is 9.84. The van der Waals surface area contributed by atoms with Crippen molar-refractivity contribution in [3.63, 3.8) is 0 Å². The molecule has 1 aromatic rings. The molecule has 0 saturated carbocycles. The Morgan fingerprint density at radius 1 is 1.46 bits per heavy atom. The Bertz CT molecular complexity index is 332. The molecule has 1 rings (SSSR count). The number of benzene rings is 1. The fourth-order valence-electron chi connectivity index (χ4n) is 0.710. The van der Waals surface area contributed by atoms with E-state index in [4.69, 9.17) is 0 Å². The van der Waals surface area contributed by atoms with Crippen LogP contribution in [0.2, 0.25) is 0 Å². The second-order valence-corrected chi connectivity index (χ2v) is 3.17. The van der Waals surface area contributed by atoms with Gasteiger partial charge in [0.25, 0.3) is 5.88 Å². The average molecular weight is 205 g/mol. The second-order valence-electron chi connectivity index (χ2n) is 2.18. The van der Waals surface area contributed by atoms with Gasteiger partial charge in [-0.05, 0) is 30.0 Å². The normalized spacial score (nSPS) is 10.0. The minimum atomic E-state index is -0.645. The maximum atomic E-state index is 12.8. The molecular formula is C7H5F2NO2S. The van der Waals surface area contributed by atoms with Crippen molar-refractivity contribution in [3.05, 3.63) is 39.9 Å². The van der Waals surface area contributed by atoms with Gasteiger partial charge in [-0.15, -0.1) is 0 Å². The van der Waals surface area contributed by atoms with E-state index >= 15 is 0 Å². The highest BCUT2D eigenvalue weighted by Crippen LogP contribution is 2.22. The summed E-state index contributed by atoms with van der Waals surface area (Å²) in [6.07, 6.45) is 0. The molecule has 0 atom stereocenters. The quantitative estimate of drug-likeness (QED) is 0.329. The molecule has 0 amide bonds. The van der Waals surface area contributed by atoms with E-state index in [1.165, 1.54) is 0 Å². The number of thioether (sulfide) groups is 1. The number of halogens is 2. The van der Waals surface area contributed by atoms with Crippen LogP contribution in [0.25, 0.3) is 0 Å². The number of nitro groups is 1. The molecule has 1 aromatic carbocycles. The lowest BCUT2D eigenvalue weighted by Gasteiger charge is -1.98. The highest BCUT2D eigenvalue weighted by molar-refractivity contribution is 7.99. The minimum absolute atomic E-state index is 0.0447. The Morgan fingerprint density at radius 2 is 2.15 bits per heavy atom. The molecule has 0 saturated heterocycles. The van der Waals surface area contributed by atoms with E-state index in [9.17, 15) is 18.9 Å². The van der Waals surface area contributed by atoms with Crippen molar-refractivity contribution in [1.82, 2.24) is 0 Å². The van der Waals surface area contributed by atoms with Crippen LogP contribution < -0.4 is 0 Å². The highest BCUT2D eigenvalue weighted by atomic mass is 32.2. The standard InChI is InChI=1S/C7H5F2NO2S/c8-5-1-2-6(9)7(3-5)13-4-10(11)12/h1-3H,4H2. The summed E-state index contributed by atoms with van der Waals surface area (Å²) < 4.78 is 25.3. The van der Waals surface area contributed by atoms with Gasteiger partial charge in [-0.3, -0.25) is 10.1 Å². The topological polar surface area (TPSA) is 43.1 Å². The van der Waals surface area contributed by atoms with Crippen LogP contribution in [0.4, 0.5) is 8.78 Å². The van der Waals surface area contributed by atoms with Crippen molar-refractivity contribution in [2.24, 2.45) is 0 Å². The summed E-state index contributed by atoms with van der Waals surface area (Å²) in [7, 11) is 0. The Kier molecular flexibility index (Phi) is 3.18. The Morgan fingerprint density at radius 3 is 2.77 bits per heavy atom. The monoisotopic (exact) mass is 205 g/mol. The fourth-order valence-corrected chi connectivity index (χ4v) is 1.36. The lowest BCUT2D eigenvalue weighted by molar-refractivity contribution is -0.456. The average Bonchev–Trinajstić information content (AvgIpc) is 2.06. The van der Waals surface area contributed by atoms with Gasteiger partial charge in [0.15, 0.2) is 0 Å². The van der Waals surface area contributed by atoms with Gasteiger partial charge in [-0.2, -0.15) is 0 Å². The molecule has 13 heavy (non-hydrogen) atoms. The van der Waals surface area contributed by atoms with Crippen LogP contribution in [0.1, 0.15) is 0 Å². The summed E-state index contributed by atoms with van der Waals surface area (Å²) in [5.41, 5.74) is 0. The molecule has 0 aliphatic rings. The molecule has 0 bridgehead atoms. The second kappa shape index (κ2) is 4.18. The SMILES string of the molecule is O=[N+]([O-])CSc1cc(F)ccc1F. The Balaban J connectivity index is 2.75. The maximum absolute atomic E-state index is 12.8. The third-order valence-electron chi connectivity index (χ3n) is 1.22. The summed E-state index contributed by atoms with van der Waals surface area (Å²) in [5, 5.41) is 9.94. The lowest BCUT2D eigenvalue weighted by Crippen LogP contribution is -1.96. The first-order valence-electron chi connectivity index (χ1n) is 3.29. The van der Waals surface area contributed by atoms with Gasteiger partial charge in [-0.25, -0.2) is 8.78 Å². The third-order valence-corrected chi connectivity index (χ3v) is 2.18. The maximum Gasteiger partial charge on any atom is 0.253 e. The predicted molar refractivity (Wildman–Crippen MR) is 44.1 cm³/mol. The molecule has 0 spiro atoms. The van der Waals surface area contributed by atoms with Gasteiger partial charge in [-0.1, -0.05) is 0 Å². The largest absolute Gasteiger partial charge is 0.264 e. The third kappa shape index (κ3) is 2.98. The van der Waals surface area contributed by atoms with Gasteiger partial charge in [0, 0.05) is 4.92 Å². The lowest BCUT2D eigenvalue weighted by atomic mass is 10.3. The summed E-state index contributed by atoms with van der Waals surface area (Å²) in [6, 6.07) is 2.84. The van der Waals surface area contributed by atoms with E-state index in [0.29, 0.717) is 11.8 Å². The first kappa shape index (κ1) is 9.91. The summed E-state index contributed by atoms with van der Waals surface area (Å²) in [6.45, 7) is 0. The van der Waals surface area contributed by atoms with Gasteiger partial charge >= 0.3 is 0 Å². The van der Waals surface area contributed by atoms with E-state index in [1.54, 1.807) is 0 Å². The van der Waals surface area contributed by atoms with E-state index < -0.39 is 22.4 Å². The summed E-state index contributed by atoms with van der Waals surface area (Å²) in [4.78, 5) is 9.29. The van der Waals surface area contributed by atoms with Crippen LogP contribution >= 0.6 is 11.8 Å². The zero-order valence-corrected chi connectivity index (χ0v) is 7.18. The summed E-state index contributed by atoms with van der Waals surface area (Å²) >= 11 is 0.655. The first-order chi connectivity index (χ1) is 6.09. The number of nitrogens with zero attached hydrogens (tertiary/aromatic N) is 1. The zero-order valence-electron chi connectivity index (χ0n) is 6.37. The minimum Gasteiger partial charge on any atom is -0.264 e. The Hall–Kier alpha value is -1.17. The van der Waals surface area contributed by atoms with E-state index in [0.717, 1.165) is 18.2 Å². The van der Waals surface area contributed by atoms with Crippen molar-refractivity contribution in [3.8, 4) is 0 Å². The smallest absolute Gasteiger partial charge is 0.253 e. The molecule has 0 fully saturated rings. The van der Waals surface area contributed by atoms with Crippen molar-refractivity contribution in [1.29, 1.82) is 0 Å². The molecule has 0 aromatic heterocycles. The molecule has 0 N–H and O–H groups in total. The van der Waals surface area contributed by atoms with Crippen LogP contribution in [0.5, 0.6) is 0 Å². The van der Waals surface area contributed by atoms with Crippen LogP contribution in [0.3, 0.4) is 0 Å². The number of hydrogen-bond donors (Lipinski definition) is 0.